The Morgan fingerprint density at radius 3 is 3.00 bits per heavy atom. The lowest BCUT2D eigenvalue weighted by molar-refractivity contribution is -0.132. The molecule has 0 aromatic carbocycles. The third-order valence-corrected chi connectivity index (χ3v) is 2.80. The molecule has 1 fully saturated rings. The van der Waals surface area contributed by atoms with Crippen LogP contribution in [0.1, 0.15) is 18.5 Å². The molecule has 1 N–H and O–H groups in total. The molecule has 6 nitrogen and oxygen atoms in total. The van der Waals surface area contributed by atoms with E-state index in [2.05, 4.69) is 15.3 Å². The zero-order valence-corrected chi connectivity index (χ0v) is 9.55. The smallest absolute Gasteiger partial charge is 0.224 e. The molecule has 0 spiro atoms. The number of likely N-dealkylation sites (tertiary alicyclic amines) is 1. The molecule has 2 heterocycles. The zero-order valence-electron chi connectivity index (χ0n) is 9.55. The van der Waals surface area contributed by atoms with E-state index in [4.69, 9.17) is 5.26 Å². The summed E-state index contributed by atoms with van der Waals surface area (Å²) in [5.74, 6) is 0.563. The second kappa shape index (κ2) is 4.78. The van der Waals surface area contributed by atoms with Gasteiger partial charge in [0.25, 0.3) is 0 Å². The van der Waals surface area contributed by atoms with Crippen molar-refractivity contribution in [3.63, 3.8) is 0 Å². The molecule has 1 aromatic rings. The molecule has 0 saturated carbocycles. The Hall–Kier alpha value is -2.16. The van der Waals surface area contributed by atoms with E-state index in [1.165, 1.54) is 12.4 Å². The molecule has 6 heteroatoms. The van der Waals surface area contributed by atoms with Crippen molar-refractivity contribution in [1.82, 2.24) is 14.9 Å². The summed E-state index contributed by atoms with van der Waals surface area (Å²) in [6, 6.07) is 2.00. The molecule has 1 atom stereocenters. The standard InChI is InChI=1S/C11H13N5O/c1-16-5-2-8(6-10(16)17)15-11-9(7-12)13-3-4-14-11/h3-4,8H,2,5-6H2,1H3,(H,14,15)/t8-/m1/s1. The van der Waals surface area contributed by atoms with Crippen LogP contribution < -0.4 is 5.32 Å². The predicted molar refractivity (Wildman–Crippen MR) is 61.0 cm³/mol. The molecule has 1 saturated heterocycles. The first-order valence-electron chi connectivity index (χ1n) is 5.42. The lowest BCUT2D eigenvalue weighted by Gasteiger charge is -2.29. The second-order valence-electron chi connectivity index (χ2n) is 4.01. The number of carbonyl (C=O) groups excluding carboxylic acids is 1. The van der Waals surface area contributed by atoms with E-state index < -0.39 is 0 Å². The van der Waals surface area contributed by atoms with Crippen LogP contribution in [0, 0.1) is 11.3 Å². The van der Waals surface area contributed by atoms with Gasteiger partial charge in [-0.3, -0.25) is 4.79 Å². The van der Waals surface area contributed by atoms with Gasteiger partial charge in [-0.1, -0.05) is 0 Å². The van der Waals surface area contributed by atoms with Crippen molar-refractivity contribution in [3.05, 3.63) is 18.1 Å². The molecule has 88 valence electrons. The fourth-order valence-corrected chi connectivity index (χ4v) is 1.78. The van der Waals surface area contributed by atoms with Crippen molar-refractivity contribution in [1.29, 1.82) is 5.26 Å². The molecule has 0 radical (unpaired) electrons. The van der Waals surface area contributed by atoms with Gasteiger partial charge in [0.05, 0.1) is 0 Å². The maximum atomic E-state index is 11.5. The number of hydrogen-bond acceptors (Lipinski definition) is 5. The minimum absolute atomic E-state index is 0.0301. The van der Waals surface area contributed by atoms with Crippen LogP contribution >= 0.6 is 0 Å². The van der Waals surface area contributed by atoms with Crippen molar-refractivity contribution >= 4 is 11.7 Å². The normalized spacial score (nSPS) is 19.9. The van der Waals surface area contributed by atoms with E-state index in [-0.39, 0.29) is 17.6 Å². The highest BCUT2D eigenvalue weighted by atomic mass is 16.2. The van der Waals surface area contributed by atoms with Gasteiger partial charge < -0.3 is 10.2 Å². The van der Waals surface area contributed by atoms with Crippen LogP contribution in [-0.4, -0.2) is 40.4 Å². The molecule has 2 rings (SSSR count). The summed E-state index contributed by atoms with van der Waals surface area (Å²) in [5.41, 5.74) is 0.263. The fourth-order valence-electron chi connectivity index (χ4n) is 1.78. The van der Waals surface area contributed by atoms with Crippen LogP contribution in [-0.2, 0) is 4.79 Å². The summed E-state index contributed by atoms with van der Waals surface area (Å²) >= 11 is 0. The number of nitrogens with zero attached hydrogens (tertiary/aromatic N) is 4. The topological polar surface area (TPSA) is 81.9 Å². The van der Waals surface area contributed by atoms with Gasteiger partial charge >= 0.3 is 0 Å². The molecule has 1 aromatic heterocycles. The van der Waals surface area contributed by atoms with Crippen molar-refractivity contribution in [2.75, 3.05) is 18.9 Å². The Balaban J connectivity index is 2.07. The van der Waals surface area contributed by atoms with Crippen molar-refractivity contribution in [3.8, 4) is 6.07 Å². The number of hydrogen-bond donors (Lipinski definition) is 1. The van der Waals surface area contributed by atoms with Gasteiger partial charge in [-0.2, -0.15) is 5.26 Å². The lowest BCUT2D eigenvalue weighted by Crippen LogP contribution is -2.41. The molecule has 0 bridgehead atoms. The highest BCUT2D eigenvalue weighted by molar-refractivity contribution is 5.77. The average Bonchev–Trinajstić information content (AvgIpc) is 2.34. The monoisotopic (exact) mass is 231 g/mol. The summed E-state index contributed by atoms with van der Waals surface area (Å²) in [5, 5.41) is 12.0. The first kappa shape index (κ1) is 11.3. The highest BCUT2D eigenvalue weighted by Crippen LogP contribution is 2.16. The Morgan fingerprint density at radius 2 is 2.29 bits per heavy atom. The minimum atomic E-state index is 0.0301. The maximum Gasteiger partial charge on any atom is 0.224 e. The summed E-state index contributed by atoms with van der Waals surface area (Å²) in [4.78, 5) is 21.2. The average molecular weight is 231 g/mol. The molecule has 0 aliphatic carbocycles. The number of rotatable bonds is 2. The third kappa shape index (κ3) is 2.50. The van der Waals surface area contributed by atoms with E-state index in [0.717, 1.165) is 13.0 Å². The maximum absolute atomic E-state index is 11.5. The number of nitrogens with one attached hydrogen (secondary N) is 1. The predicted octanol–water partition coefficient (Wildman–Crippen LogP) is 0.381. The molecule has 1 aliphatic rings. The first-order valence-corrected chi connectivity index (χ1v) is 5.42. The van der Waals surface area contributed by atoms with E-state index in [9.17, 15) is 4.79 Å². The number of piperidine rings is 1. The van der Waals surface area contributed by atoms with Crippen LogP contribution in [0.2, 0.25) is 0 Å². The Morgan fingerprint density at radius 1 is 1.53 bits per heavy atom. The number of anilines is 1. The minimum Gasteiger partial charge on any atom is -0.364 e. The van der Waals surface area contributed by atoms with Gasteiger partial charge in [0.15, 0.2) is 11.5 Å². The van der Waals surface area contributed by atoms with Crippen molar-refractivity contribution in [2.24, 2.45) is 0 Å². The molecular weight excluding hydrogens is 218 g/mol. The highest BCUT2D eigenvalue weighted by Gasteiger charge is 2.24. The van der Waals surface area contributed by atoms with E-state index >= 15 is 0 Å². The van der Waals surface area contributed by atoms with E-state index in [0.29, 0.717) is 12.2 Å². The number of aromatic nitrogens is 2. The number of nitriles is 1. The van der Waals surface area contributed by atoms with Crippen LogP contribution in [0.5, 0.6) is 0 Å². The molecule has 1 aliphatic heterocycles. The molecular formula is C11H13N5O. The van der Waals surface area contributed by atoms with Crippen molar-refractivity contribution < 1.29 is 4.79 Å². The van der Waals surface area contributed by atoms with Crippen molar-refractivity contribution in [2.45, 2.75) is 18.9 Å². The van der Waals surface area contributed by atoms with Crippen LogP contribution in [0.15, 0.2) is 12.4 Å². The third-order valence-electron chi connectivity index (χ3n) is 2.80. The fraction of sp³-hybridized carbons (Fsp3) is 0.455. The van der Waals surface area contributed by atoms with Crippen LogP contribution in [0.25, 0.3) is 0 Å². The van der Waals surface area contributed by atoms with Gasteiger partial charge in [-0.25, -0.2) is 9.97 Å². The molecule has 0 unspecified atom stereocenters. The molecule has 17 heavy (non-hydrogen) atoms. The van der Waals surface area contributed by atoms with Gasteiger partial charge in [-0.15, -0.1) is 0 Å². The quantitative estimate of drug-likeness (QED) is 0.795. The second-order valence-corrected chi connectivity index (χ2v) is 4.01. The summed E-state index contributed by atoms with van der Waals surface area (Å²) in [7, 11) is 1.79. The summed E-state index contributed by atoms with van der Waals surface area (Å²) < 4.78 is 0. The van der Waals surface area contributed by atoms with Gasteiger partial charge in [-0.05, 0) is 6.42 Å². The van der Waals surface area contributed by atoms with Gasteiger partial charge in [0.2, 0.25) is 5.91 Å². The van der Waals surface area contributed by atoms with E-state index in [1.807, 2.05) is 6.07 Å². The largest absolute Gasteiger partial charge is 0.364 e. The summed E-state index contributed by atoms with van der Waals surface area (Å²) in [6.07, 6.45) is 4.28. The molecule has 1 amide bonds. The SMILES string of the molecule is CN1CC[C@@H](Nc2nccnc2C#N)CC1=O. The Labute approximate surface area is 99.3 Å². The van der Waals surface area contributed by atoms with Crippen LogP contribution in [0.4, 0.5) is 5.82 Å². The summed E-state index contributed by atoms with van der Waals surface area (Å²) in [6.45, 7) is 0.721. The lowest BCUT2D eigenvalue weighted by atomic mass is 10.0. The number of amides is 1. The first-order chi connectivity index (χ1) is 8.20. The number of carbonyl (C=O) groups is 1. The Kier molecular flexibility index (Phi) is 3.19. The Bertz CT molecular complexity index is 467. The van der Waals surface area contributed by atoms with Gasteiger partial charge in [0, 0.05) is 38.4 Å². The zero-order chi connectivity index (χ0) is 12.3. The van der Waals surface area contributed by atoms with Crippen LogP contribution in [0.3, 0.4) is 0 Å². The van der Waals surface area contributed by atoms with E-state index in [1.54, 1.807) is 11.9 Å². The van der Waals surface area contributed by atoms with Gasteiger partial charge in [0.1, 0.15) is 6.07 Å².